The lowest BCUT2D eigenvalue weighted by molar-refractivity contribution is 1.14. The second kappa shape index (κ2) is 2.76. The minimum Gasteiger partial charge on any atom is -0.306 e. The van der Waals surface area contributed by atoms with E-state index in [9.17, 15) is 0 Å². The summed E-state index contributed by atoms with van der Waals surface area (Å²) in [5.41, 5.74) is 7.50. The lowest BCUT2D eigenvalue weighted by atomic mass is 10.4. The molecule has 0 heterocycles. The van der Waals surface area contributed by atoms with E-state index in [4.69, 9.17) is 5.73 Å². The van der Waals surface area contributed by atoms with Gasteiger partial charge in [0.1, 0.15) is 0 Å². The fourth-order valence-electron chi connectivity index (χ4n) is 0.306. The van der Waals surface area contributed by atoms with E-state index in [1.165, 1.54) is 0 Å². The third-order valence-corrected chi connectivity index (χ3v) is 0.510. The largest absolute Gasteiger partial charge is 0.306 e. The van der Waals surface area contributed by atoms with Crippen molar-refractivity contribution in [2.24, 2.45) is 0 Å². The van der Waals surface area contributed by atoms with E-state index in [1.54, 1.807) is 6.92 Å². The molecule has 0 saturated carbocycles. The molecule has 0 saturated heterocycles. The van der Waals surface area contributed by atoms with Gasteiger partial charge in [-0.2, -0.15) is 0 Å². The zero-order valence-corrected chi connectivity index (χ0v) is 4.28. The van der Waals surface area contributed by atoms with Crippen molar-refractivity contribution in [3.05, 3.63) is 11.8 Å². The standard InChI is InChI=1S/C5H10N/c1-3-4-5(2)6/h4,6H,3H2,1-2H3. The summed E-state index contributed by atoms with van der Waals surface area (Å²) in [6, 6.07) is 0. The summed E-state index contributed by atoms with van der Waals surface area (Å²) < 4.78 is 0. The normalized spacial score (nSPS) is 12.0. The topological polar surface area (TPSA) is 23.8 Å². The van der Waals surface area contributed by atoms with Crippen LogP contribution in [0.4, 0.5) is 0 Å². The van der Waals surface area contributed by atoms with E-state index in [1.807, 2.05) is 13.0 Å². The molecule has 0 aromatic rings. The lowest BCUT2D eigenvalue weighted by Crippen LogP contribution is -1.69. The SMILES string of the molecule is CCC=C(C)[NH]. The first kappa shape index (κ1) is 5.54. The molecule has 0 aliphatic heterocycles. The Labute approximate surface area is 38.8 Å². The molecule has 0 spiro atoms. The van der Waals surface area contributed by atoms with Crippen LogP contribution in [0.5, 0.6) is 0 Å². The van der Waals surface area contributed by atoms with Crippen molar-refractivity contribution in [2.75, 3.05) is 0 Å². The third kappa shape index (κ3) is 3.54. The molecule has 6 heavy (non-hydrogen) atoms. The lowest BCUT2D eigenvalue weighted by Gasteiger charge is -1.79. The first-order valence-corrected chi connectivity index (χ1v) is 2.15. The zero-order valence-electron chi connectivity index (χ0n) is 4.28. The Kier molecular flexibility index (Phi) is 2.55. The van der Waals surface area contributed by atoms with Crippen LogP contribution >= 0.6 is 0 Å². The summed E-state index contributed by atoms with van der Waals surface area (Å²) in [7, 11) is 0. The van der Waals surface area contributed by atoms with Crippen LogP contribution in [0.25, 0.3) is 0 Å². The van der Waals surface area contributed by atoms with Crippen LogP contribution in [0.3, 0.4) is 0 Å². The second-order valence-electron chi connectivity index (χ2n) is 1.30. The summed E-state index contributed by atoms with van der Waals surface area (Å²) in [5, 5.41) is 0. The monoisotopic (exact) mass is 84.1 g/mol. The van der Waals surface area contributed by atoms with Crippen molar-refractivity contribution in [3.8, 4) is 0 Å². The van der Waals surface area contributed by atoms with E-state index in [0.717, 1.165) is 6.42 Å². The summed E-state index contributed by atoms with van der Waals surface area (Å²) in [4.78, 5) is 0. The molecule has 0 amide bonds. The van der Waals surface area contributed by atoms with Crippen molar-refractivity contribution >= 4 is 0 Å². The van der Waals surface area contributed by atoms with E-state index in [0.29, 0.717) is 5.70 Å². The summed E-state index contributed by atoms with van der Waals surface area (Å²) in [6.45, 7) is 3.81. The maximum absolute atomic E-state index is 6.84. The number of allylic oxidation sites excluding steroid dienone is 2. The van der Waals surface area contributed by atoms with E-state index < -0.39 is 0 Å². The highest BCUT2D eigenvalue weighted by Gasteiger charge is 1.69. The van der Waals surface area contributed by atoms with Gasteiger partial charge in [-0.25, -0.2) is 0 Å². The number of hydrogen-bond donors (Lipinski definition) is 0. The van der Waals surface area contributed by atoms with Crippen LogP contribution < -0.4 is 5.73 Å². The van der Waals surface area contributed by atoms with Gasteiger partial charge in [0.15, 0.2) is 0 Å². The Bertz CT molecular complexity index is 51.0. The van der Waals surface area contributed by atoms with Gasteiger partial charge in [-0.3, -0.25) is 0 Å². The molecule has 1 nitrogen and oxygen atoms in total. The van der Waals surface area contributed by atoms with Gasteiger partial charge in [0, 0.05) is 5.70 Å². The molecule has 1 heteroatoms. The smallest absolute Gasteiger partial charge is 0.0243 e. The van der Waals surface area contributed by atoms with Gasteiger partial charge in [0.25, 0.3) is 0 Å². The number of rotatable bonds is 1. The average molecular weight is 84.1 g/mol. The molecule has 0 aliphatic carbocycles. The number of nitrogens with one attached hydrogen (secondary N) is 1. The Balaban J connectivity index is 3.14. The maximum Gasteiger partial charge on any atom is 0.0243 e. The van der Waals surface area contributed by atoms with Gasteiger partial charge in [0.05, 0.1) is 0 Å². The molecule has 35 valence electrons. The van der Waals surface area contributed by atoms with Gasteiger partial charge < -0.3 is 5.73 Å². The molecule has 0 atom stereocenters. The predicted molar refractivity (Wildman–Crippen MR) is 27.1 cm³/mol. The van der Waals surface area contributed by atoms with Gasteiger partial charge in [-0.05, 0) is 13.3 Å². The predicted octanol–water partition coefficient (Wildman–Crippen LogP) is 1.58. The highest BCUT2D eigenvalue weighted by atomic mass is 14.5. The first-order valence-electron chi connectivity index (χ1n) is 2.15. The van der Waals surface area contributed by atoms with Crippen molar-refractivity contribution in [1.29, 1.82) is 0 Å². The van der Waals surface area contributed by atoms with Crippen LogP contribution in [0.2, 0.25) is 0 Å². The molecule has 1 radical (unpaired) electrons. The molecule has 0 aromatic heterocycles. The van der Waals surface area contributed by atoms with Gasteiger partial charge in [-0.15, -0.1) is 0 Å². The van der Waals surface area contributed by atoms with Crippen LogP contribution in [0, 0.1) is 0 Å². The van der Waals surface area contributed by atoms with Gasteiger partial charge in [0.2, 0.25) is 0 Å². The van der Waals surface area contributed by atoms with Crippen molar-refractivity contribution < 1.29 is 0 Å². The summed E-state index contributed by atoms with van der Waals surface area (Å²) in [5.74, 6) is 0. The van der Waals surface area contributed by atoms with E-state index in [2.05, 4.69) is 0 Å². The Morgan fingerprint density at radius 3 is 2.33 bits per heavy atom. The fourth-order valence-corrected chi connectivity index (χ4v) is 0.306. The third-order valence-electron chi connectivity index (χ3n) is 0.510. The molecule has 0 unspecified atom stereocenters. The highest BCUT2D eigenvalue weighted by Crippen LogP contribution is 1.84. The molecule has 0 aliphatic rings. The van der Waals surface area contributed by atoms with Crippen LogP contribution in [-0.4, -0.2) is 0 Å². The molecule has 0 bridgehead atoms. The first-order chi connectivity index (χ1) is 2.77. The second-order valence-corrected chi connectivity index (χ2v) is 1.30. The molecule has 0 rings (SSSR count). The molecule has 0 fully saturated rings. The van der Waals surface area contributed by atoms with Crippen LogP contribution in [0.1, 0.15) is 20.3 Å². The van der Waals surface area contributed by atoms with Crippen molar-refractivity contribution in [3.63, 3.8) is 0 Å². The fraction of sp³-hybridized carbons (Fsp3) is 0.600. The van der Waals surface area contributed by atoms with Crippen molar-refractivity contribution in [2.45, 2.75) is 20.3 Å². The van der Waals surface area contributed by atoms with Crippen LogP contribution in [0.15, 0.2) is 11.8 Å². The van der Waals surface area contributed by atoms with Gasteiger partial charge in [-0.1, -0.05) is 13.0 Å². The molecular weight excluding hydrogens is 74.1 g/mol. The quantitative estimate of drug-likeness (QED) is 0.460. The average Bonchev–Trinajstić information content (AvgIpc) is 1.35. The Morgan fingerprint density at radius 2 is 2.33 bits per heavy atom. The van der Waals surface area contributed by atoms with Crippen molar-refractivity contribution in [1.82, 2.24) is 5.73 Å². The molecule has 1 N–H and O–H groups in total. The highest BCUT2D eigenvalue weighted by molar-refractivity contribution is 4.88. The minimum atomic E-state index is 0.664. The van der Waals surface area contributed by atoms with Crippen LogP contribution in [-0.2, 0) is 0 Å². The molecule has 0 aromatic carbocycles. The van der Waals surface area contributed by atoms with E-state index >= 15 is 0 Å². The summed E-state index contributed by atoms with van der Waals surface area (Å²) >= 11 is 0. The number of hydrogen-bond acceptors (Lipinski definition) is 0. The summed E-state index contributed by atoms with van der Waals surface area (Å²) in [6.07, 6.45) is 2.86. The minimum absolute atomic E-state index is 0.664. The zero-order chi connectivity index (χ0) is 4.99. The Morgan fingerprint density at radius 1 is 1.83 bits per heavy atom. The maximum atomic E-state index is 6.84. The van der Waals surface area contributed by atoms with Gasteiger partial charge >= 0.3 is 0 Å². The van der Waals surface area contributed by atoms with E-state index in [-0.39, 0.29) is 0 Å². The Hall–Kier alpha value is -0.460. The molecular formula is C5H10N.